The van der Waals surface area contributed by atoms with Crippen LogP contribution in [-0.4, -0.2) is 28.7 Å². The molecule has 2 aromatic carbocycles. The minimum atomic E-state index is -0.591. The van der Waals surface area contributed by atoms with Crippen LogP contribution in [0.15, 0.2) is 42.5 Å². The smallest absolute Gasteiger partial charge is 0.0726 e. The van der Waals surface area contributed by atoms with E-state index >= 15 is 0 Å². The average molecular weight is 362 g/mol. The quantitative estimate of drug-likeness (QED) is 0.725. The van der Waals surface area contributed by atoms with Crippen LogP contribution < -0.4 is 0 Å². The number of nitrogens with zero attached hydrogens (tertiary/aromatic N) is 1. The van der Waals surface area contributed by atoms with E-state index in [9.17, 15) is 5.11 Å². The largest absolute Gasteiger partial charge is 0.389 e. The molecule has 27 heavy (non-hydrogen) atoms. The molecular formula is C25H31NO. The van der Waals surface area contributed by atoms with Crippen LogP contribution >= 0.6 is 0 Å². The van der Waals surface area contributed by atoms with Crippen molar-refractivity contribution in [3.8, 4) is 0 Å². The second-order valence-corrected chi connectivity index (χ2v) is 9.92. The highest BCUT2D eigenvalue weighted by molar-refractivity contribution is 5.51. The molecule has 0 bridgehead atoms. The van der Waals surface area contributed by atoms with Crippen LogP contribution in [-0.2, 0) is 12.8 Å². The molecule has 5 rings (SSSR count). The van der Waals surface area contributed by atoms with Crippen molar-refractivity contribution in [3.05, 3.63) is 70.3 Å². The zero-order valence-electron chi connectivity index (χ0n) is 16.8. The standard InChI is InChI=1S/C25H31NO/c1-24(2,3)25(27)13-14-26-16-21-19-9-5-4-7-17(19)11-12-18-8-6-10-20(23(18)21)22(26)15-25/h4-10,21-22,27H,11-16H2,1-3H3/t21-,22+,25?/m1/s1. The highest BCUT2D eigenvalue weighted by Gasteiger charge is 2.49. The molecule has 0 saturated carbocycles. The lowest BCUT2D eigenvalue weighted by atomic mass is 9.66. The molecule has 2 heteroatoms. The maximum Gasteiger partial charge on any atom is 0.0726 e. The van der Waals surface area contributed by atoms with Gasteiger partial charge in [0.1, 0.15) is 0 Å². The first-order valence-corrected chi connectivity index (χ1v) is 10.5. The third-order valence-electron chi connectivity index (χ3n) is 7.63. The maximum absolute atomic E-state index is 11.5. The first kappa shape index (κ1) is 17.5. The summed E-state index contributed by atoms with van der Waals surface area (Å²) < 4.78 is 0. The van der Waals surface area contributed by atoms with Gasteiger partial charge < -0.3 is 5.11 Å². The van der Waals surface area contributed by atoms with Crippen LogP contribution in [0.2, 0.25) is 0 Å². The van der Waals surface area contributed by atoms with Gasteiger partial charge in [0.05, 0.1) is 5.60 Å². The SMILES string of the molecule is CC(C)(C)C1(O)CCN2C[C@@H]3c4ccccc4CCc4cccc(c43)[C@@H]2C1. The second-order valence-electron chi connectivity index (χ2n) is 9.92. The van der Waals surface area contributed by atoms with Crippen molar-refractivity contribution in [2.45, 2.75) is 64.0 Å². The summed E-state index contributed by atoms with van der Waals surface area (Å²) in [5.74, 6) is 0.479. The Morgan fingerprint density at radius 3 is 2.48 bits per heavy atom. The molecule has 142 valence electrons. The van der Waals surface area contributed by atoms with Crippen molar-refractivity contribution in [2.75, 3.05) is 13.1 Å². The fourth-order valence-electron chi connectivity index (χ4n) is 5.76. The van der Waals surface area contributed by atoms with Gasteiger partial charge in [-0.25, -0.2) is 0 Å². The fourth-order valence-corrected chi connectivity index (χ4v) is 5.76. The second kappa shape index (κ2) is 5.93. The summed E-state index contributed by atoms with van der Waals surface area (Å²) in [6, 6.07) is 16.3. The summed E-state index contributed by atoms with van der Waals surface area (Å²) in [4.78, 5) is 2.65. The molecule has 3 atom stereocenters. The molecule has 0 amide bonds. The van der Waals surface area contributed by atoms with Gasteiger partial charge in [-0.3, -0.25) is 4.90 Å². The van der Waals surface area contributed by atoms with E-state index in [0.29, 0.717) is 12.0 Å². The molecule has 0 radical (unpaired) electrons. The van der Waals surface area contributed by atoms with Crippen LogP contribution in [0.3, 0.4) is 0 Å². The number of hydrogen-bond acceptors (Lipinski definition) is 2. The molecule has 2 aliphatic heterocycles. The number of aryl methyl sites for hydroxylation is 2. The highest BCUT2D eigenvalue weighted by Crippen LogP contribution is 2.51. The number of benzene rings is 2. The predicted molar refractivity (Wildman–Crippen MR) is 110 cm³/mol. The van der Waals surface area contributed by atoms with Gasteiger partial charge in [0, 0.05) is 25.0 Å². The molecule has 1 fully saturated rings. The van der Waals surface area contributed by atoms with Crippen LogP contribution in [0.5, 0.6) is 0 Å². The van der Waals surface area contributed by atoms with E-state index in [1.54, 1.807) is 5.56 Å². The molecule has 2 aromatic rings. The summed E-state index contributed by atoms with van der Waals surface area (Å²) in [6.45, 7) is 8.65. The summed E-state index contributed by atoms with van der Waals surface area (Å²) in [6.07, 6.45) is 3.99. The number of aliphatic hydroxyl groups is 1. The number of fused-ring (bicyclic) bond motifs is 4. The first-order valence-electron chi connectivity index (χ1n) is 10.5. The monoisotopic (exact) mass is 361 g/mol. The summed E-state index contributed by atoms with van der Waals surface area (Å²) >= 11 is 0. The normalized spacial score (nSPS) is 30.1. The third-order valence-corrected chi connectivity index (χ3v) is 7.63. The molecular weight excluding hydrogens is 330 g/mol. The van der Waals surface area contributed by atoms with E-state index in [4.69, 9.17) is 0 Å². The Balaban J connectivity index is 1.64. The van der Waals surface area contributed by atoms with Crippen molar-refractivity contribution in [1.82, 2.24) is 4.90 Å². The molecule has 2 heterocycles. The molecule has 2 nitrogen and oxygen atoms in total. The van der Waals surface area contributed by atoms with E-state index in [-0.39, 0.29) is 5.41 Å². The van der Waals surface area contributed by atoms with Crippen molar-refractivity contribution in [1.29, 1.82) is 0 Å². The first-order chi connectivity index (χ1) is 12.9. The molecule has 1 saturated heterocycles. The molecule has 0 aromatic heterocycles. The number of piperidine rings is 1. The summed E-state index contributed by atoms with van der Waals surface area (Å²) in [5, 5.41) is 11.5. The molecule has 1 N–H and O–H groups in total. The van der Waals surface area contributed by atoms with Crippen molar-refractivity contribution >= 4 is 0 Å². The Bertz CT molecular complexity index is 880. The van der Waals surface area contributed by atoms with Gasteiger partial charge >= 0.3 is 0 Å². The zero-order chi connectivity index (χ0) is 18.8. The predicted octanol–water partition coefficient (Wildman–Crippen LogP) is 4.84. The van der Waals surface area contributed by atoms with Gasteiger partial charge in [-0.1, -0.05) is 63.2 Å². The minimum absolute atomic E-state index is 0.0890. The molecule has 0 spiro atoms. The topological polar surface area (TPSA) is 23.5 Å². The van der Waals surface area contributed by atoms with E-state index in [2.05, 4.69) is 68.1 Å². The van der Waals surface area contributed by atoms with Gasteiger partial charge in [0.2, 0.25) is 0 Å². The molecule has 3 aliphatic rings. The fraction of sp³-hybridized carbons (Fsp3) is 0.520. The van der Waals surface area contributed by atoms with Crippen molar-refractivity contribution < 1.29 is 5.11 Å². The summed E-state index contributed by atoms with van der Waals surface area (Å²) in [5.41, 5.74) is 6.94. The van der Waals surface area contributed by atoms with Gasteiger partial charge in [-0.2, -0.15) is 0 Å². The van der Waals surface area contributed by atoms with E-state index in [0.717, 1.165) is 38.8 Å². The van der Waals surface area contributed by atoms with Crippen LogP contribution in [0.1, 0.15) is 73.4 Å². The minimum Gasteiger partial charge on any atom is -0.389 e. The average Bonchev–Trinajstić information content (AvgIpc) is 2.80. The van der Waals surface area contributed by atoms with Crippen LogP contribution in [0.4, 0.5) is 0 Å². The Morgan fingerprint density at radius 2 is 1.67 bits per heavy atom. The molecule has 1 unspecified atom stereocenters. The Hall–Kier alpha value is -1.64. The maximum atomic E-state index is 11.5. The van der Waals surface area contributed by atoms with E-state index in [1.165, 1.54) is 22.3 Å². The Morgan fingerprint density at radius 1 is 0.963 bits per heavy atom. The zero-order valence-corrected chi connectivity index (χ0v) is 16.8. The van der Waals surface area contributed by atoms with Crippen molar-refractivity contribution in [2.24, 2.45) is 5.41 Å². The Kier molecular flexibility index (Phi) is 3.83. The Labute approximate surface area is 163 Å². The third kappa shape index (κ3) is 2.61. The van der Waals surface area contributed by atoms with E-state index < -0.39 is 5.60 Å². The number of hydrogen-bond donors (Lipinski definition) is 1. The van der Waals surface area contributed by atoms with Gasteiger partial charge in [0.25, 0.3) is 0 Å². The lowest BCUT2D eigenvalue weighted by Crippen LogP contribution is -2.55. The highest BCUT2D eigenvalue weighted by atomic mass is 16.3. The molecule has 1 aliphatic carbocycles. The number of rotatable bonds is 0. The lowest BCUT2D eigenvalue weighted by Gasteiger charge is -2.53. The van der Waals surface area contributed by atoms with E-state index in [1.807, 2.05) is 0 Å². The lowest BCUT2D eigenvalue weighted by molar-refractivity contribution is -0.119. The van der Waals surface area contributed by atoms with Crippen LogP contribution in [0.25, 0.3) is 0 Å². The van der Waals surface area contributed by atoms with Gasteiger partial charge in [-0.05, 0) is 58.9 Å². The van der Waals surface area contributed by atoms with Crippen molar-refractivity contribution in [3.63, 3.8) is 0 Å². The van der Waals surface area contributed by atoms with Gasteiger partial charge in [0.15, 0.2) is 0 Å². The van der Waals surface area contributed by atoms with Crippen LogP contribution in [0, 0.1) is 5.41 Å². The summed E-state index contributed by atoms with van der Waals surface area (Å²) in [7, 11) is 0. The van der Waals surface area contributed by atoms with Gasteiger partial charge in [-0.15, -0.1) is 0 Å².